The molecule has 0 aromatic heterocycles. The van der Waals surface area contributed by atoms with Gasteiger partial charge in [-0.2, -0.15) is 16.8 Å². The fraction of sp³-hybridized carbons (Fsp3) is 0.143. The lowest BCUT2D eigenvalue weighted by molar-refractivity contribution is 0.0809. The fourth-order valence-corrected chi connectivity index (χ4v) is 4.17. The summed E-state index contributed by atoms with van der Waals surface area (Å²) in [5.74, 6) is 5.24. The van der Waals surface area contributed by atoms with Crippen molar-refractivity contribution in [2.75, 3.05) is 6.26 Å². The van der Waals surface area contributed by atoms with Crippen LogP contribution in [0.5, 0.6) is 0 Å². The van der Waals surface area contributed by atoms with Crippen molar-refractivity contribution >= 4 is 30.1 Å². The molecule has 27 heavy (non-hydrogen) atoms. The Hall–Kier alpha value is -1.87. The molecule has 148 valence electrons. The standard InChI is InChI=1S/C14H15NO9S3/c1-25(16,17)11-4-2-3-9(5-11)14(24-15)10-6-12(26(18,19)20)8-13(7-10)27(21,22)23/h2-8,14H,15H2,1H3,(H,18,19,20)(H,21,22,23). The Morgan fingerprint density at radius 2 is 1.30 bits per heavy atom. The van der Waals surface area contributed by atoms with Gasteiger partial charge in [-0.15, -0.1) is 0 Å². The summed E-state index contributed by atoms with van der Waals surface area (Å²) in [5, 5.41) is 0. The smallest absolute Gasteiger partial charge is 0.292 e. The van der Waals surface area contributed by atoms with Crippen LogP contribution in [0.2, 0.25) is 0 Å². The van der Waals surface area contributed by atoms with E-state index in [1.54, 1.807) is 0 Å². The fourth-order valence-electron chi connectivity index (χ4n) is 2.30. The normalized spacial score (nSPS) is 14.1. The molecule has 10 nitrogen and oxygen atoms in total. The quantitative estimate of drug-likeness (QED) is 0.427. The minimum Gasteiger partial charge on any atom is -0.292 e. The molecule has 0 spiro atoms. The van der Waals surface area contributed by atoms with Gasteiger partial charge in [0.15, 0.2) is 9.84 Å². The molecule has 0 aliphatic rings. The lowest BCUT2D eigenvalue weighted by Crippen LogP contribution is -2.14. The largest absolute Gasteiger partial charge is 0.294 e. The molecule has 13 heteroatoms. The van der Waals surface area contributed by atoms with Gasteiger partial charge in [-0.05, 0) is 41.5 Å². The van der Waals surface area contributed by atoms with E-state index in [0.29, 0.717) is 6.07 Å². The summed E-state index contributed by atoms with van der Waals surface area (Å²) >= 11 is 0. The minimum absolute atomic E-state index is 0.0806. The van der Waals surface area contributed by atoms with Crippen molar-refractivity contribution in [1.29, 1.82) is 0 Å². The molecule has 2 aromatic rings. The highest BCUT2D eigenvalue weighted by Gasteiger charge is 2.23. The lowest BCUT2D eigenvalue weighted by Gasteiger charge is -2.17. The highest BCUT2D eigenvalue weighted by atomic mass is 32.2. The third kappa shape index (κ3) is 5.10. The molecule has 2 aromatic carbocycles. The summed E-state index contributed by atoms with van der Waals surface area (Å²) in [7, 11) is -13.2. The molecule has 1 atom stereocenters. The molecule has 0 saturated heterocycles. The van der Waals surface area contributed by atoms with Crippen LogP contribution in [0.15, 0.2) is 57.2 Å². The highest BCUT2D eigenvalue weighted by molar-refractivity contribution is 7.90. The van der Waals surface area contributed by atoms with Gasteiger partial charge in [-0.3, -0.25) is 13.9 Å². The first kappa shape index (κ1) is 21.4. The molecule has 0 amide bonds. The van der Waals surface area contributed by atoms with Crippen molar-refractivity contribution in [2.45, 2.75) is 20.8 Å². The Kier molecular flexibility index (Phi) is 5.77. The number of benzene rings is 2. The van der Waals surface area contributed by atoms with E-state index in [4.69, 9.17) is 10.7 Å². The van der Waals surface area contributed by atoms with Crippen LogP contribution in [-0.4, -0.2) is 40.6 Å². The second kappa shape index (κ2) is 7.27. The second-order valence-corrected chi connectivity index (χ2v) is 10.4. The topological polar surface area (TPSA) is 178 Å². The minimum atomic E-state index is -4.83. The van der Waals surface area contributed by atoms with Crippen molar-refractivity contribution < 1.29 is 39.2 Å². The van der Waals surface area contributed by atoms with Crippen LogP contribution >= 0.6 is 0 Å². The molecule has 0 saturated carbocycles. The van der Waals surface area contributed by atoms with E-state index in [9.17, 15) is 34.4 Å². The summed E-state index contributed by atoms with van der Waals surface area (Å²) in [6.45, 7) is 0. The predicted octanol–water partition coefficient (Wildman–Crippen LogP) is 0.563. The van der Waals surface area contributed by atoms with Crippen molar-refractivity contribution in [3.05, 3.63) is 53.6 Å². The van der Waals surface area contributed by atoms with E-state index in [0.717, 1.165) is 18.4 Å². The zero-order valence-electron chi connectivity index (χ0n) is 13.7. The Morgan fingerprint density at radius 1 is 0.815 bits per heavy atom. The maximum atomic E-state index is 11.7. The molecule has 0 aliphatic heterocycles. The van der Waals surface area contributed by atoms with Gasteiger partial charge in [0.05, 0.1) is 14.7 Å². The maximum Gasteiger partial charge on any atom is 0.294 e. The first-order valence-corrected chi connectivity index (χ1v) is 11.8. The molecule has 1 unspecified atom stereocenters. The Bertz CT molecular complexity index is 1140. The van der Waals surface area contributed by atoms with Crippen LogP contribution in [0.3, 0.4) is 0 Å². The number of nitrogens with two attached hydrogens (primary N) is 1. The van der Waals surface area contributed by atoms with Crippen LogP contribution in [0, 0.1) is 0 Å². The molecule has 2 rings (SSSR count). The zero-order chi connectivity index (χ0) is 20.6. The number of rotatable bonds is 6. The Morgan fingerprint density at radius 3 is 1.70 bits per heavy atom. The number of sulfone groups is 1. The van der Waals surface area contributed by atoms with E-state index in [1.165, 1.54) is 24.3 Å². The van der Waals surface area contributed by atoms with Gasteiger partial charge >= 0.3 is 0 Å². The van der Waals surface area contributed by atoms with E-state index in [2.05, 4.69) is 0 Å². The monoisotopic (exact) mass is 437 g/mol. The van der Waals surface area contributed by atoms with E-state index in [-0.39, 0.29) is 16.0 Å². The molecule has 0 bridgehead atoms. The van der Waals surface area contributed by atoms with Crippen molar-refractivity contribution in [2.24, 2.45) is 5.90 Å². The molecule has 0 radical (unpaired) electrons. The van der Waals surface area contributed by atoms with E-state index >= 15 is 0 Å². The van der Waals surface area contributed by atoms with Gasteiger partial charge in [0.25, 0.3) is 20.2 Å². The summed E-state index contributed by atoms with van der Waals surface area (Å²) in [4.78, 5) is 3.05. The molecule has 0 fully saturated rings. The zero-order valence-corrected chi connectivity index (χ0v) is 16.1. The van der Waals surface area contributed by atoms with Crippen molar-refractivity contribution in [3.63, 3.8) is 0 Å². The number of hydrogen-bond acceptors (Lipinski definition) is 8. The van der Waals surface area contributed by atoms with Crippen molar-refractivity contribution in [1.82, 2.24) is 0 Å². The molecule has 0 aliphatic carbocycles. The predicted molar refractivity (Wildman–Crippen MR) is 92.7 cm³/mol. The molecule has 4 N–H and O–H groups in total. The SMILES string of the molecule is CS(=O)(=O)c1cccc(C(ON)c2cc(S(=O)(=O)O)cc(S(=O)(=O)O)c2)c1. The van der Waals surface area contributed by atoms with Crippen LogP contribution in [0.4, 0.5) is 0 Å². The summed E-state index contributed by atoms with van der Waals surface area (Å²) in [6.07, 6.45) is -0.325. The lowest BCUT2D eigenvalue weighted by atomic mass is 10.0. The first-order chi connectivity index (χ1) is 12.2. The summed E-state index contributed by atoms with van der Waals surface area (Å²) < 4.78 is 87.6. The first-order valence-electron chi connectivity index (χ1n) is 6.99. The van der Waals surface area contributed by atoms with Crippen LogP contribution in [0.25, 0.3) is 0 Å². The van der Waals surface area contributed by atoms with E-state index in [1.807, 2.05) is 0 Å². The van der Waals surface area contributed by atoms with Gasteiger partial charge in [0.2, 0.25) is 0 Å². The molecular weight excluding hydrogens is 422 g/mol. The summed E-state index contributed by atoms with van der Waals surface area (Å²) in [5.41, 5.74) is 0.0000940. The number of hydrogen-bond donors (Lipinski definition) is 3. The van der Waals surface area contributed by atoms with Gasteiger partial charge in [0, 0.05) is 6.26 Å². The van der Waals surface area contributed by atoms with Crippen LogP contribution < -0.4 is 5.90 Å². The van der Waals surface area contributed by atoms with E-state index < -0.39 is 46.0 Å². The second-order valence-electron chi connectivity index (χ2n) is 5.55. The van der Waals surface area contributed by atoms with Crippen LogP contribution in [0.1, 0.15) is 17.2 Å². The maximum absolute atomic E-state index is 11.7. The molecule has 0 heterocycles. The highest BCUT2D eigenvalue weighted by Crippen LogP contribution is 2.30. The molecular formula is C14H15NO9S3. The third-order valence-corrected chi connectivity index (χ3v) is 6.30. The average molecular weight is 437 g/mol. The van der Waals surface area contributed by atoms with Gasteiger partial charge in [-0.25, -0.2) is 14.3 Å². The Labute approximate surface area is 156 Å². The summed E-state index contributed by atoms with van der Waals surface area (Å²) in [6, 6.07) is 7.64. The Balaban J connectivity index is 2.74. The average Bonchev–Trinajstić information content (AvgIpc) is 2.53. The van der Waals surface area contributed by atoms with Gasteiger partial charge in [0.1, 0.15) is 6.10 Å². The van der Waals surface area contributed by atoms with Crippen molar-refractivity contribution in [3.8, 4) is 0 Å². The van der Waals surface area contributed by atoms with Gasteiger partial charge in [-0.1, -0.05) is 12.1 Å². The third-order valence-electron chi connectivity index (χ3n) is 3.53. The van der Waals surface area contributed by atoms with Crippen LogP contribution in [-0.2, 0) is 34.9 Å². The van der Waals surface area contributed by atoms with Gasteiger partial charge < -0.3 is 0 Å².